The topological polar surface area (TPSA) is 135 Å². The molecular weight excluding hydrogens is 682 g/mol. The summed E-state index contributed by atoms with van der Waals surface area (Å²) >= 11 is 1.07. The number of thiophene rings is 1. The minimum atomic E-state index is -3.47. The van der Waals surface area contributed by atoms with Gasteiger partial charge in [-0.1, -0.05) is 18.2 Å². The van der Waals surface area contributed by atoms with Gasteiger partial charge in [-0.3, -0.25) is 9.36 Å². The molecule has 0 saturated carbocycles. The second-order valence-corrected chi connectivity index (χ2v) is 14.1. The third-order valence-corrected chi connectivity index (χ3v) is 9.60. The Labute approximate surface area is 283 Å². The normalized spacial score (nSPS) is 11.7. The lowest BCUT2D eigenvalue weighted by Crippen LogP contribution is -2.39. The van der Waals surface area contributed by atoms with Crippen molar-refractivity contribution in [2.24, 2.45) is 0 Å². The van der Waals surface area contributed by atoms with Crippen LogP contribution in [0.1, 0.15) is 18.1 Å². The second kappa shape index (κ2) is 14.8. The summed E-state index contributed by atoms with van der Waals surface area (Å²) in [7, 11) is -1.74. The smallest absolute Gasteiger partial charge is 0.337 e. The molecule has 0 bridgehead atoms. The Morgan fingerprint density at radius 2 is 1.59 bits per heavy atom. The molecule has 16 heteroatoms. The maximum Gasteiger partial charge on any atom is 0.337 e. The van der Waals surface area contributed by atoms with E-state index in [1.165, 1.54) is 18.2 Å². The van der Waals surface area contributed by atoms with Crippen molar-refractivity contribution in [3.05, 3.63) is 116 Å². The zero-order valence-electron chi connectivity index (χ0n) is 26.7. The number of likely N-dealkylation sites (N-methyl/N-ethyl adjacent to an activating group) is 1. The molecule has 5 rings (SSSR count). The Hall–Kier alpha value is -4.77. The minimum absolute atomic E-state index is 0.0474. The van der Waals surface area contributed by atoms with Crippen LogP contribution in [-0.4, -0.2) is 61.4 Å². The van der Waals surface area contributed by atoms with Gasteiger partial charge in [0, 0.05) is 42.3 Å². The van der Waals surface area contributed by atoms with Gasteiger partial charge in [0.2, 0.25) is 10.0 Å². The first kappa shape index (κ1) is 35.5. The number of hydrogen-bond donors (Lipinski definition) is 3. The summed E-state index contributed by atoms with van der Waals surface area (Å²) < 4.78 is 71.5. The van der Waals surface area contributed by atoms with Crippen molar-refractivity contribution in [3.8, 4) is 16.1 Å². The van der Waals surface area contributed by atoms with E-state index in [0.717, 1.165) is 51.0 Å². The number of fused-ring (bicyclic) bond motifs is 1. The first-order chi connectivity index (χ1) is 23.3. The molecule has 3 N–H and O–H groups in total. The summed E-state index contributed by atoms with van der Waals surface area (Å²) in [5.74, 6) is -2.37. The van der Waals surface area contributed by atoms with Crippen LogP contribution in [0.4, 0.5) is 23.7 Å². The Morgan fingerprint density at radius 3 is 2.20 bits per heavy atom. The lowest BCUT2D eigenvalue weighted by atomic mass is 10.1. The van der Waals surface area contributed by atoms with E-state index >= 15 is 0 Å². The highest BCUT2D eigenvalue weighted by molar-refractivity contribution is 7.88. The standard InChI is InChI=1S/C33H33F3N6O5S2/c1-4-37-32(44)39-22-12-8-20(9-13-22)29-25(18-40(2)17-16-38-49(3,46)47)28-30(43)42(23-14-10-21(34)11-15-23)33(45)41(31(28)48-29)19-24-26(35)6-5-7-27(24)36/h5-15,38H,4,16-19H2,1-3H3,(H2,37,39,44). The van der Waals surface area contributed by atoms with Gasteiger partial charge in [-0.05, 0) is 73.6 Å². The molecule has 2 heterocycles. The van der Waals surface area contributed by atoms with Gasteiger partial charge >= 0.3 is 11.7 Å². The highest BCUT2D eigenvalue weighted by atomic mass is 32.2. The van der Waals surface area contributed by atoms with Crippen LogP contribution in [-0.2, 0) is 23.1 Å². The molecule has 11 nitrogen and oxygen atoms in total. The number of hydrogen-bond acceptors (Lipinski definition) is 7. The molecule has 5 aromatic rings. The summed E-state index contributed by atoms with van der Waals surface area (Å²) in [6.07, 6.45) is 1.04. The van der Waals surface area contributed by atoms with Gasteiger partial charge in [0.15, 0.2) is 0 Å². The van der Waals surface area contributed by atoms with Crippen LogP contribution in [0.25, 0.3) is 26.3 Å². The van der Waals surface area contributed by atoms with Crippen molar-refractivity contribution in [3.63, 3.8) is 0 Å². The van der Waals surface area contributed by atoms with Crippen LogP contribution >= 0.6 is 11.3 Å². The SMILES string of the molecule is CCNC(=O)Nc1ccc(-c2sc3c(c2CN(C)CCNS(C)(=O)=O)c(=O)n(-c2ccc(F)cc2)c(=O)n3Cc2c(F)cccc2F)cc1. The number of carbonyl (C=O) groups excluding carboxylic acids is 1. The van der Waals surface area contributed by atoms with E-state index in [4.69, 9.17) is 0 Å². The lowest BCUT2D eigenvalue weighted by molar-refractivity contribution is 0.252. The predicted octanol–water partition coefficient (Wildman–Crippen LogP) is 4.47. The van der Waals surface area contributed by atoms with Crippen LogP contribution in [0.5, 0.6) is 0 Å². The van der Waals surface area contributed by atoms with Gasteiger partial charge in [0.25, 0.3) is 5.56 Å². The first-order valence-electron chi connectivity index (χ1n) is 15.1. The fourth-order valence-corrected chi connectivity index (χ4v) is 7.03. The van der Waals surface area contributed by atoms with Crippen LogP contribution in [0, 0.1) is 17.5 Å². The van der Waals surface area contributed by atoms with E-state index in [0.29, 0.717) is 28.2 Å². The molecule has 49 heavy (non-hydrogen) atoms. The van der Waals surface area contributed by atoms with Crippen molar-refractivity contribution >= 4 is 43.3 Å². The Balaban J connectivity index is 1.75. The zero-order chi connectivity index (χ0) is 35.5. The van der Waals surface area contributed by atoms with Crippen LogP contribution in [0.3, 0.4) is 0 Å². The van der Waals surface area contributed by atoms with Crippen molar-refractivity contribution < 1.29 is 26.4 Å². The molecule has 0 fully saturated rings. The van der Waals surface area contributed by atoms with Crippen LogP contribution < -0.4 is 26.6 Å². The van der Waals surface area contributed by atoms with Crippen molar-refractivity contribution in [2.45, 2.75) is 20.0 Å². The summed E-state index contributed by atoms with van der Waals surface area (Å²) in [6, 6.07) is 14.4. The Morgan fingerprint density at radius 1 is 0.939 bits per heavy atom. The minimum Gasteiger partial charge on any atom is -0.338 e. The molecule has 0 spiro atoms. The average molecular weight is 715 g/mol. The van der Waals surface area contributed by atoms with E-state index in [-0.39, 0.29) is 35.5 Å². The molecule has 2 amide bonds. The number of amides is 2. The number of benzene rings is 3. The fraction of sp³-hybridized carbons (Fsp3) is 0.242. The Bertz CT molecular complexity index is 2210. The molecule has 0 aliphatic rings. The monoisotopic (exact) mass is 714 g/mol. The van der Waals surface area contributed by atoms with E-state index in [9.17, 15) is 36.0 Å². The number of sulfonamides is 1. The molecule has 258 valence electrons. The van der Waals surface area contributed by atoms with E-state index in [1.807, 2.05) is 0 Å². The van der Waals surface area contributed by atoms with Gasteiger partial charge in [0.05, 0.1) is 23.9 Å². The summed E-state index contributed by atoms with van der Waals surface area (Å²) in [4.78, 5) is 43.0. The molecule has 2 aromatic heterocycles. The quantitative estimate of drug-likeness (QED) is 0.175. The van der Waals surface area contributed by atoms with Crippen LogP contribution in [0.2, 0.25) is 0 Å². The van der Waals surface area contributed by atoms with Crippen molar-refractivity contribution in [2.75, 3.05) is 38.3 Å². The van der Waals surface area contributed by atoms with Crippen LogP contribution in [0.15, 0.2) is 76.3 Å². The third-order valence-electron chi connectivity index (χ3n) is 7.56. The number of anilines is 1. The van der Waals surface area contributed by atoms with Gasteiger partial charge < -0.3 is 15.5 Å². The number of urea groups is 1. The summed E-state index contributed by atoms with van der Waals surface area (Å²) in [6.45, 7) is 2.07. The Kier molecular flexibility index (Phi) is 10.7. The molecule has 0 saturated heterocycles. The second-order valence-electron chi connectivity index (χ2n) is 11.2. The highest BCUT2D eigenvalue weighted by Crippen LogP contribution is 2.38. The van der Waals surface area contributed by atoms with E-state index in [2.05, 4.69) is 15.4 Å². The fourth-order valence-electron chi connectivity index (χ4n) is 5.26. The number of halogens is 3. The van der Waals surface area contributed by atoms with Gasteiger partial charge in [-0.15, -0.1) is 11.3 Å². The first-order valence-corrected chi connectivity index (χ1v) is 17.8. The molecule has 0 aliphatic carbocycles. The van der Waals surface area contributed by atoms with Gasteiger partial charge in [-0.2, -0.15) is 0 Å². The van der Waals surface area contributed by atoms with Gasteiger partial charge in [0.1, 0.15) is 22.3 Å². The number of nitrogens with one attached hydrogen (secondary N) is 3. The number of rotatable bonds is 12. The number of nitrogens with zero attached hydrogens (tertiary/aromatic N) is 3. The van der Waals surface area contributed by atoms with Gasteiger partial charge in [-0.25, -0.2) is 40.5 Å². The van der Waals surface area contributed by atoms with E-state index in [1.54, 1.807) is 43.1 Å². The van der Waals surface area contributed by atoms with Crippen molar-refractivity contribution in [1.29, 1.82) is 0 Å². The largest absolute Gasteiger partial charge is 0.338 e. The summed E-state index contributed by atoms with van der Waals surface area (Å²) in [5.41, 5.74) is -0.390. The third kappa shape index (κ3) is 8.10. The highest BCUT2D eigenvalue weighted by Gasteiger charge is 2.26. The predicted molar refractivity (Wildman–Crippen MR) is 184 cm³/mol. The lowest BCUT2D eigenvalue weighted by Gasteiger charge is -2.18. The molecular formula is C33H33F3N6O5S2. The summed E-state index contributed by atoms with van der Waals surface area (Å²) in [5, 5.41) is 5.45. The molecule has 0 atom stereocenters. The number of carbonyl (C=O) groups is 1. The molecule has 3 aromatic carbocycles. The number of aromatic nitrogens is 2. The maximum atomic E-state index is 15.0. The molecule has 0 unspecified atom stereocenters. The molecule has 0 aliphatic heterocycles. The average Bonchev–Trinajstić information content (AvgIpc) is 3.40. The maximum absolute atomic E-state index is 15.0. The molecule has 0 radical (unpaired) electrons. The zero-order valence-corrected chi connectivity index (χ0v) is 28.4. The van der Waals surface area contributed by atoms with E-state index < -0.39 is 56.9 Å². The van der Waals surface area contributed by atoms with Crippen molar-refractivity contribution in [1.82, 2.24) is 24.1 Å².